The van der Waals surface area contributed by atoms with Crippen LogP contribution in [0.25, 0.3) is 33.1 Å². The maximum absolute atomic E-state index is 13.3. The fourth-order valence-electron chi connectivity index (χ4n) is 4.45. The van der Waals surface area contributed by atoms with Gasteiger partial charge in [-0.25, -0.2) is 9.97 Å². The van der Waals surface area contributed by atoms with E-state index in [0.717, 1.165) is 22.4 Å². The van der Waals surface area contributed by atoms with E-state index < -0.39 is 17.8 Å². The summed E-state index contributed by atoms with van der Waals surface area (Å²) in [4.78, 5) is 21.4. The lowest BCUT2D eigenvalue weighted by atomic mass is 9.99. The maximum atomic E-state index is 13.3. The number of hydrogen-bond acceptors (Lipinski definition) is 6. The van der Waals surface area contributed by atoms with Crippen molar-refractivity contribution in [2.45, 2.75) is 25.7 Å². The molecule has 0 unspecified atom stereocenters. The number of aromatic nitrogens is 2. The molecule has 0 aliphatic carbocycles. The zero-order valence-electron chi connectivity index (χ0n) is 20.5. The van der Waals surface area contributed by atoms with Crippen molar-refractivity contribution < 1.29 is 27.1 Å². The van der Waals surface area contributed by atoms with Crippen LogP contribution < -0.4 is 15.8 Å². The molecule has 0 bridgehead atoms. The fourth-order valence-corrected chi connectivity index (χ4v) is 4.45. The molecule has 3 aromatic carbocycles. The van der Waals surface area contributed by atoms with Gasteiger partial charge in [0.05, 0.1) is 19.7 Å². The number of alkyl halides is 3. The third-order valence-corrected chi connectivity index (χ3v) is 6.30. The molecule has 0 spiro atoms. The Morgan fingerprint density at radius 1 is 1.03 bits per heavy atom. The van der Waals surface area contributed by atoms with E-state index in [4.69, 9.17) is 14.9 Å². The summed E-state index contributed by atoms with van der Waals surface area (Å²) in [6, 6.07) is 18.6. The predicted octanol–water partition coefficient (Wildman–Crippen LogP) is 6.02. The molecule has 0 aliphatic heterocycles. The van der Waals surface area contributed by atoms with Crippen LogP contribution in [-0.2, 0) is 12.7 Å². The summed E-state index contributed by atoms with van der Waals surface area (Å²) in [5, 5.41) is 5.33. The van der Waals surface area contributed by atoms with Crippen LogP contribution in [0.3, 0.4) is 0 Å². The second-order valence-electron chi connectivity index (χ2n) is 8.66. The number of carbonyl (C=O) groups excluding carboxylic acids is 1. The number of carbonyl (C=O) groups is 1. The summed E-state index contributed by atoms with van der Waals surface area (Å²) in [5.41, 5.74) is 6.06. The number of pyridine rings is 1. The summed E-state index contributed by atoms with van der Waals surface area (Å²) in [7, 11) is 1.34. The predicted molar refractivity (Wildman–Crippen MR) is 137 cm³/mol. The van der Waals surface area contributed by atoms with Crippen molar-refractivity contribution in [1.82, 2.24) is 15.3 Å². The minimum Gasteiger partial charge on any atom is -0.494 e. The van der Waals surface area contributed by atoms with Gasteiger partial charge in [0, 0.05) is 10.9 Å². The van der Waals surface area contributed by atoms with Gasteiger partial charge in [-0.05, 0) is 47.5 Å². The number of methoxy groups -OCH3 is 1. The molecule has 194 valence electrons. The van der Waals surface area contributed by atoms with Crippen LogP contribution >= 0.6 is 0 Å². The molecule has 0 radical (unpaired) electrons. The molecule has 2 heterocycles. The number of ether oxygens (including phenoxy) is 1. The Bertz CT molecular complexity index is 1660. The summed E-state index contributed by atoms with van der Waals surface area (Å²) in [5.74, 6) is -0.160. The van der Waals surface area contributed by atoms with E-state index in [2.05, 4.69) is 15.3 Å². The lowest BCUT2D eigenvalue weighted by Crippen LogP contribution is -2.28. The number of oxazole rings is 1. The lowest BCUT2D eigenvalue weighted by molar-refractivity contribution is -0.140. The van der Waals surface area contributed by atoms with Gasteiger partial charge < -0.3 is 20.2 Å². The van der Waals surface area contributed by atoms with Crippen molar-refractivity contribution in [3.8, 4) is 17.2 Å². The van der Waals surface area contributed by atoms with E-state index in [9.17, 15) is 18.0 Å². The first-order chi connectivity index (χ1) is 18.2. The Kier molecular flexibility index (Phi) is 6.50. The quantitative estimate of drug-likeness (QED) is 0.284. The Morgan fingerprint density at radius 2 is 1.79 bits per heavy atom. The van der Waals surface area contributed by atoms with Gasteiger partial charge in [0.2, 0.25) is 5.89 Å². The molecule has 2 aromatic heterocycles. The number of nitrogens with zero attached hydrogens (tertiary/aromatic N) is 2. The summed E-state index contributed by atoms with van der Waals surface area (Å²) < 4.78 is 50.9. The molecule has 1 atom stereocenters. The smallest absolute Gasteiger partial charge is 0.433 e. The van der Waals surface area contributed by atoms with Crippen molar-refractivity contribution in [2.24, 2.45) is 5.73 Å². The van der Waals surface area contributed by atoms with Gasteiger partial charge in [-0.3, -0.25) is 4.79 Å². The maximum Gasteiger partial charge on any atom is 0.433 e. The number of nitrogens with two attached hydrogens (primary N) is 1. The van der Waals surface area contributed by atoms with E-state index in [-0.39, 0.29) is 41.2 Å². The third-order valence-electron chi connectivity index (χ3n) is 6.30. The highest BCUT2D eigenvalue weighted by molar-refractivity contribution is 5.98. The van der Waals surface area contributed by atoms with Crippen LogP contribution in [0.1, 0.15) is 40.5 Å². The topological polar surface area (TPSA) is 103 Å². The minimum absolute atomic E-state index is 0.00146. The van der Waals surface area contributed by atoms with Gasteiger partial charge in [-0.2, -0.15) is 13.2 Å². The SMILES string of the molecule is COc1ccc(-c2nc(C(=O)N[C@H](C)c3cccc4ccccc34)c(CN)o2)c2ccc(C(F)(F)F)nc12. The Morgan fingerprint density at radius 3 is 2.53 bits per heavy atom. The first-order valence-corrected chi connectivity index (χ1v) is 11.7. The number of nitrogens with one attached hydrogen (secondary N) is 1. The second-order valence-corrected chi connectivity index (χ2v) is 8.66. The Balaban J connectivity index is 1.52. The average molecular weight is 521 g/mol. The van der Waals surface area contributed by atoms with Crippen molar-refractivity contribution in [3.05, 3.63) is 89.4 Å². The highest BCUT2D eigenvalue weighted by atomic mass is 19.4. The monoisotopic (exact) mass is 520 g/mol. The van der Waals surface area contributed by atoms with E-state index in [1.54, 1.807) is 6.07 Å². The number of benzene rings is 3. The molecule has 3 N–H and O–H groups in total. The van der Waals surface area contributed by atoms with Gasteiger partial charge in [0.15, 0.2) is 11.5 Å². The second kappa shape index (κ2) is 9.79. The molecule has 5 rings (SSSR count). The van der Waals surface area contributed by atoms with E-state index in [1.165, 1.54) is 19.2 Å². The summed E-state index contributed by atoms with van der Waals surface area (Å²) in [6.07, 6.45) is -4.63. The van der Waals surface area contributed by atoms with E-state index in [1.807, 2.05) is 49.4 Å². The molecule has 10 heteroatoms. The summed E-state index contributed by atoms with van der Waals surface area (Å²) >= 11 is 0. The average Bonchev–Trinajstić information content (AvgIpc) is 3.35. The van der Waals surface area contributed by atoms with Crippen molar-refractivity contribution in [2.75, 3.05) is 7.11 Å². The normalized spacial score (nSPS) is 12.6. The molecule has 5 aromatic rings. The number of fused-ring (bicyclic) bond motifs is 2. The van der Waals surface area contributed by atoms with E-state index in [0.29, 0.717) is 10.9 Å². The van der Waals surface area contributed by atoms with Gasteiger partial charge in [0.25, 0.3) is 5.91 Å². The number of amides is 1. The number of halogens is 3. The van der Waals surface area contributed by atoms with E-state index >= 15 is 0 Å². The molecule has 0 fully saturated rings. The van der Waals surface area contributed by atoms with Gasteiger partial charge in [-0.15, -0.1) is 0 Å². The Hall–Kier alpha value is -4.44. The lowest BCUT2D eigenvalue weighted by Gasteiger charge is -2.16. The van der Waals surface area contributed by atoms with Gasteiger partial charge >= 0.3 is 6.18 Å². The van der Waals surface area contributed by atoms with Gasteiger partial charge in [0.1, 0.15) is 17.0 Å². The largest absolute Gasteiger partial charge is 0.494 e. The molecule has 0 saturated heterocycles. The standard InChI is InChI=1S/C28H23F3N4O3/c1-15(17-9-5-7-16-6-3-4-8-18(16)17)33-26(36)25-22(14-32)38-27(35-25)20-10-12-21(37-2)24-19(20)11-13-23(34-24)28(29,30)31/h3-13,15H,14,32H2,1-2H3,(H,33,36)/t15-/m1/s1. The van der Waals surface area contributed by atoms with Crippen LogP contribution in [0.5, 0.6) is 5.75 Å². The third kappa shape index (κ3) is 4.54. The molecular formula is C28H23F3N4O3. The fraction of sp³-hybridized carbons (Fsp3) is 0.179. The minimum atomic E-state index is -4.63. The highest BCUT2D eigenvalue weighted by Gasteiger charge is 2.33. The summed E-state index contributed by atoms with van der Waals surface area (Å²) in [6.45, 7) is 1.76. The molecule has 0 saturated carbocycles. The van der Waals surface area contributed by atoms with Crippen LogP contribution in [0.15, 0.2) is 71.1 Å². The highest BCUT2D eigenvalue weighted by Crippen LogP contribution is 2.37. The first kappa shape index (κ1) is 25.2. The molecule has 7 nitrogen and oxygen atoms in total. The molecular weight excluding hydrogens is 497 g/mol. The van der Waals surface area contributed by atoms with Crippen LogP contribution in [0.4, 0.5) is 13.2 Å². The van der Waals surface area contributed by atoms with Crippen molar-refractivity contribution in [3.63, 3.8) is 0 Å². The van der Waals surface area contributed by atoms with Crippen LogP contribution in [0, 0.1) is 0 Å². The molecule has 38 heavy (non-hydrogen) atoms. The Labute approximate surface area is 215 Å². The molecule has 1 amide bonds. The van der Waals surface area contributed by atoms with Crippen molar-refractivity contribution in [1.29, 1.82) is 0 Å². The number of rotatable bonds is 6. The zero-order chi connectivity index (χ0) is 27.0. The zero-order valence-corrected chi connectivity index (χ0v) is 20.5. The first-order valence-electron chi connectivity index (χ1n) is 11.7. The molecule has 0 aliphatic rings. The van der Waals surface area contributed by atoms with Gasteiger partial charge in [-0.1, -0.05) is 42.5 Å². The number of hydrogen-bond donors (Lipinski definition) is 2. The van der Waals surface area contributed by atoms with Crippen LogP contribution in [-0.4, -0.2) is 23.0 Å². The van der Waals surface area contributed by atoms with Crippen LogP contribution in [0.2, 0.25) is 0 Å². The van der Waals surface area contributed by atoms with Crippen molar-refractivity contribution >= 4 is 27.6 Å².